The van der Waals surface area contributed by atoms with Gasteiger partial charge in [-0.15, -0.1) is 11.3 Å². The van der Waals surface area contributed by atoms with E-state index in [0.29, 0.717) is 22.3 Å². The number of fused-ring (bicyclic) bond motifs is 1. The normalized spacial score (nSPS) is 10.9. The van der Waals surface area contributed by atoms with E-state index in [0.717, 1.165) is 15.8 Å². The number of carbonyl (C=O) groups excluding carboxylic acids is 1. The predicted molar refractivity (Wildman–Crippen MR) is 88.1 cm³/mol. The van der Waals surface area contributed by atoms with E-state index < -0.39 is 0 Å². The van der Waals surface area contributed by atoms with Crippen molar-refractivity contribution in [2.24, 2.45) is 0 Å². The molecule has 0 amide bonds. The van der Waals surface area contributed by atoms with Crippen LogP contribution in [0.2, 0.25) is 0 Å². The van der Waals surface area contributed by atoms with E-state index in [1.54, 1.807) is 0 Å². The Kier molecular flexibility index (Phi) is 3.90. The highest BCUT2D eigenvalue weighted by Crippen LogP contribution is 2.26. The number of thiophene rings is 1. The summed E-state index contributed by atoms with van der Waals surface area (Å²) in [6, 6.07) is 9.46. The lowest BCUT2D eigenvalue weighted by Crippen LogP contribution is -2.03. The summed E-state index contributed by atoms with van der Waals surface area (Å²) in [4.78, 5) is 21.6. The van der Waals surface area contributed by atoms with Crippen LogP contribution in [0.1, 0.15) is 15.9 Å². The summed E-state index contributed by atoms with van der Waals surface area (Å²) in [5.74, 6) is 0.833. The van der Waals surface area contributed by atoms with Crippen molar-refractivity contribution in [1.29, 1.82) is 0 Å². The van der Waals surface area contributed by atoms with Gasteiger partial charge in [-0.2, -0.15) is 0 Å². The molecule has 3 rings (SSSR count). The number of hydrogen-bond donors (Lipinski definition) is 1. The maximum absolute atomic E-state index is 12.1. The number of anilines is 1. The van der Waals surface area contributed by atoms with Crippen molar-refractivity contribution in [3.63, 3.8) is 0 Å². The molecule has 4 nitrogen and oxygen atoms in total. The Morgan fingerprint density at radius 2 is 2.00 bits per heavy atom. The van der Waals surface area contributed by atoms with Gasteiger partial charge < -0.3 is 5.73 Å². The zero-order valence-corrected chi connectivity index (χ0v) is 13.0. The number of aromatic nitrogens is 2. The highest BCUT2D eigenvalue weighted by Gasteiger charge is 2.10. The molecule has 0 aliphatic rings. The molecule has 0 spiro atoms. The summed E-state index contributed by atoms with van der Waals surface area (Å²) in [6.07, 6.45) is 0. The van der Waals surface area contributed by atoms with Gasteiger partial charge in [-0.25, -0.2) is 9.97 Å². The van der Waals surface area contributed by atoms with Gasteiger partial charge in [0.15, 0.2) is 10.9 Å². The largest absolute Gasteiger partial charge is 0.383 e. The average Bonchev–Trinajstić information content (AvgIpc) is 2.94. The van der Waals surface area contributed by atoms with E-state index in [9.17, 15) is 4.79 Å². The van der Waals surface area contributed by atoms with Crippen LogP contribution >= 0.6 is 23.1 Å². The lowest BCUT2D eigenvalue weighted by Gasteiger charge is -2.03. The van der Waals surface area contributed by atoms with Crippen LogP contribution in [0.15, 0.2) is 40.9 Å². The Morgan fingerprint density at radius 1 is 1.24 bits per heavy atom. The highest BCUT2D eigenvalue weighted by molar-refractivity contribution is 7.99. The quantitative estimate of drug-likeness (QED) is 0.453. The Labute approximate surface area is 130 Å². The van der Waals surface area contributed by atoms with E-state index in [4.69, 9.17) is 5.73 Å². The van der Waals surface area contributed by atoms with Crippen molar-refractivity contribution in [2.75, 3.05) is 11.5 Å². The number of carbonyl (C=O) groups is 1. The first-order valence-corrected chi connectivity index (χ1v) is 8.23. The third-order valence-corrected chi connectivity index (χ3v) is 4.69. The summed E-state index contributed by atoms with van der Waals surface area (Å²) in [5.41, 5.74) is 7.74. The summed E-state index contributed by atoms with van der Waals surface area (Å²) < 4.78 is 0. The number of nitrogen functional groups attached to an aromatic ring is 1. The van der Waals surface area contributed by atoms with Crippen molar-refractivity contribution < 1.29 is 4.79 Å². The van der Waals surface area contributed by atoms with Gasteiger partial charge in [0.05, 0.1) is 11.1 Å². The van der Waals surface area contributed by atoms with E-state index in [2.05, 4.69) is 9.97 Å². The molecule has 0 atom stereocenters. The van der Waals surface area contributed by atoms with Gasteiger partial charge in [-0.3, -0.25) is 4.79 Å². The standard InChI is InChI=1S/C15H13N3OS2/c1-9-2-4-10(5-3-9)12(19)8-21-15-17-13(16)11-6-7-20-14(11)18-15/h2-7H,8H2,1H3,(H2,16,17,18). The fraction of sp³-hybridized carbons (Fsp3) is 0.133. The molecule has 0 saturated carbocycles. The van der Waals surface area contributed by atoms with Crippen molar-refractivity contribution in [3.05, 3.63) is 46.8 Å². The number of benzene rings is 1. The summed E-state index contributed by atoms with van der Waals surface area (Å²) in [5, 5.41) is 3.35. The van der Waals surface area contributed by atoms with E-state index in [1.807, 2.05) is 42.6 Å². The number of nitrogens with two attached hydrogens (primary N) is 1. The Hall–Kier alpha value is -1.92. The summed E-state index contributed by atoms with van der Waals surface area (Å²) >= 11 is 2.83. The van der Waals surface area contributed by atoms with Crippen molar-refractivity contribution >= 4 is 44.9 Å². The molecule has 0 aliphatic carbocycles. The molecule has 1 aromatic carbocycles. The van der Waals surface area contributed by atoms with Gasteiger partial charge in [0, 0.05) is 5.56 Å². The number of thioether (sulfide) groups is 1. The fourth-order valence-corrected chi connectivity index (χ4v) is 3.45. The van der Waals surface area contributed by atoms with Crippen molar-refractivity contribution in [2.45, 2.75) is 12.1 Å². The van der Waals surface area contributed by atoms with Crippen LogP contribution in [-0.2, 0) is 0 Å². The summed E-state index contributed by atoms with van der Waals surface area (Å²) in [7, 11) is 0. The minimum atomic E-state index is 0.0634. The third kappa shape index (κ3) is 3.06. The Balaban J connectivity index is 1.73. The molecular weight excluding hydrogens is 302 g/mol. The molecule has 2 heterocycles. The topological polar surface area (TPSA) is 68.9 Å². The minimum absolute atomic E-state index is 0.0634. The van der Waals surface area contributed by atoms with E-state index >= 15 is 0 Å². The molecule has 6 heteroatoms. The van der Waals surface area contributed by atoms with Crippen LogP contribution in [-0.4, -0.2) is 21.5 Å². The van der Waals surface area contributed by atoms with Crippen LogP contribution < -0.4 is 5.73 Å². The van der Waals surface area contributed by atoms with Crippen LogP contribution in [0, 0.1) is 6.92 Å². The fourth-order valence-electron chi connectivity index (χ4n) is 1.88. The van der Waals surface area contributed by atoms with Gasteiger partial charge in [0.25, 0.3) is 0 Å². The molecule has 0 fully saturated rings. The van der Waals surface area contributed by atoms with Crippen LogP contribution in [0.25, 0.3) is 10.2 Å². The molecule has 0 bridgehead atoms. The number of rotatable bonds is 4. The van der Waals surface area contributed by atoms with Gasteiger partial charge in [0.1, 0.15) is 10.6 Å². The van der Waals surface area contributed by atoms with Crippen LogP contribution in [0.3, 0.4) is 0 Å². The maximum Gasteiger partial charge on any atom is 0.191 e. The number of nitrogens with zero attached hydrogens (tertiary/aromatic N) is 2. The third-order valence-electron chi connectivity index (χ3n) is 3.04. The summed E-state index contributed by atoms with van der Waals surface area (Å²) in [6.45, 7) is 2.00. The van der Waals surface area contributed by atoms with Gasteiger partial charge in [-0.1, -0.05) is 41.6 Å². The number of Topliss-reactive ketones (excluding diaryl/α,β-unsaturated/α-hetero) is 1. The molecule has 2 aromatic heterocycles. The molecule has 2 N–H and O–H groups in total. The smallest absolute Gasteiger partial charge is 0.191 e. The highest BCUT2D eigenvalue weighted by atomic mass is 32.2. The molecule has 0 aliphatic heterocycles. The van der Waals surface area contributed by atoms with Crippen molar-refractivity contribution in [1.82, 2.24) is 9.97 Å². The lowest BCUT2D eigenvalue weighted by molar-refractivity contribution is 0.102. The number of ketones is 1. The number of aryl methyl sites for hydroxylation is 1. The molecule has 3 aromatic rings. The van der Waals surface area contributed by atoms with Crippen molar-refractivity contribution in [3.8, 4) is 0 Å². The second-order valence-electron chi connectivity index (χ2n) is 4.61. The second-order valence-corrected chi connectivity index (χ2v) is 6.45. The zero-order valence-electron chi connectivity index (χ0n) is 11.4. The average molecular weight is 315 g/mol. The first kappa shape index (κ1) is 14.0. The monoisotopic (exact) mass is 315 g/mol. The molecule has 21 heavy (non-hydrogen) atoms. The molecule has 106 valence electrons. The predicted octanol–water partition coefficient (Wildman–Crippen LogP) is 3.56. The van der Waals surface area contributed by atoms with Crippen LogP contribution in [0.5, 0.6) is 0 Å². The van der Waals surface area contributed by atoms with Gasteiger partial charge in [0.2, 0.25) is 0 Å². The zero-order chi connectivity index (χ0) is 14.8. The molecular formula is C15H13N3OS2. The molecule has 0 radical (unpaired) electrons. The van der Waals surface area contributed by atoms with Gasteiger partial charge >= 0.3 is 0 Å². The van der Waals surface area contributed by atoms with Crippen LogP contribution in [0.4, 0.5) is 5.82 Å². The molecule has 0 saturated heterocycles. The molecule has 0 unspecified atom stereocenters. The SMILES string of the molecule is Cc1ccc(C(=O)CSc2nc(N)c3ccsc3n2)cc1. The first-order chi connectivity index (χ1) is 10.1. The maximum atomic E-state index is 12.1. The lowest BCUT2D eigenvalue weighted by atomic mass is 10.1. The first-order valence-electron chi connectivity index (χ1n) is 6.37. The second kappa shape index (κ2) is 5.83. The van der Waals surface area contributed by atoms with E-state index in [-0.39, 0.29) is 5.78 Å². The Bertz CT molecular complexity index is 796. The number of hydrogen-bond acceptors (Lipinski definition) is 6. The van der Waals surface area contributed by atoms with E-state index in [1.165, 1.54) is 23.1 Å². The van der Waals surface area contributed by atoms with Gasteiger partial charge in [-0.05, 0) is 18.4 Å². The Morgan fingerprint density at radius 3 is 2.76 bits per heavy atom. The minimum Gasteiger partial charge on any atom is -0.383 e.